The second kappa shape index (κ2) is 5.12. The first kappa shape index (κ1) is 12.8. The molecular weight excluding hydrogens is 258 g/mol. The topological polar surface area (TPSA) is 20.3 Å². The van der Waals surface area contributed by atoms with Gasteiger partial charge >= 0.3 is 0 Å². The van der Waals surface area contributed by atoms with Gasteiger partial charge in [-0.15, -0.1) is 0 Å². The predicted octanol–water partition coefficient (Wildman–Crippen LogP) is 3.24. The molecule has 1 aromatic rings. The van der Waals surface area contributed by atoms with E-state index in [-0.39, 0.29) is 17.7 Å². The summed E-state index contributed by atoms with van der Waals surface area (Å²) in [6.45, 7) is 1.94. The normalized spacial score (nSPS) is 28.5. The SMILES string of the molecule is O=C1C=C2CN(C2)C1C(C1=CCCC=C1)c1ccccc1. The minimum atomic E-state index is -0.0288. The van der Waals surface area contributed by atoms with Gasteiger partial charge in [0.1, 0.15) is 0 Å². The molecule has 4 aliphatic rings. The molecule has 3 aliphatic heterocycles. The van der Waals surface area contributed by atoms with Gasteiger partial charge in [-0.1, -0.05) is 48.6 Å². The zero-order chi connectivity index (χ0) is 14.2. The lowest BCUT2D eigenvalue weighted by atomic mass is 9.76. The van der Waals surface area contributed by atoms with E-state index in [1.54, 1.807) is 0 Å². The van der Waals surface area contributed by atoms with E-state index < -0.39 is 0 Å². The summed E-state index contributed by atoms with van der Waals surface area (Å²) in [6, 6.07) is 10.5. The van der Waals surface area contributed by atoms with Crippen LogP contribution in [-0.4, -0.2) is 29.8 Å². The molecule has 2 heteroatoms. The van der Waals surface area contributed by atoms with Gasteiger partial charge in [0, 0.05) is 19.0 Å². The molecule has 106 valence electrons. The van der Waals surface area contributed by atoms with Crippen LogP contribution in [0, 0.1) is 0 Å². The third-order valence-corrected chi connectivity index (χ3v) is 4.70. The first-order chi connectivity index (χ1) is 10.3. The maximum Gasteiger partial charge on any atom is 0.173 e. The molecule has 0 aromatic heterocycles. The molecule has 1 aromatic carbocycles. The van der Waals surface area contributed by atoms with Crippen molar-refractivity contribution in [2.24, 2.45) is 0 Å². The van der Waals surface area contributed by atoms with E-state index >= 15 is 0 Å². The number of carbonyl (C=O) groups is 1. The Morgan fingerprint density at radius 1 is 1.10 bits per heavy atom. The number of fused-ring (bicyclic) bond motifs is 2. The van der Waals surface area contributed by atoms with Crippen molar-refractivity contribution in [3.8, 4) is 0 Å². The van der Waals surface area contributed by atoms with E-state index in [0.717, 1.165) is 25.9 Å². The average molecular weight is 277 g/mol. The Kier molecular flexibility index (Phi) is 3.12. The number of nitrogens with zero attached hydrogens (tertiary/aromatic N) is 1. The standard InChI is InChI=1S/C19H19NO/c21-17-11-14-12-20(13-14)19(17)18(15-7-3-1-4-8-15)16-9-5-2-6-10-16/h1,3-5,7-11,18-19H,2,6,12-13H2. The Morgan fingerprint density at radius 3 is 2.57 bits per heavy atom. The molecule has 0 radical (unpaired) electrons. The van der Waals surface area contributed by atoms with Gasteiger partial charge in [-0.2, -0.15) is 0 Å². The zero-order valence-electron chi connectivity index (χ0n) is 12.0. The molecule has 21 heavy (non-hydrogen) atoms. The highest BCUT2D eigenvalue weighted by molar-refractivity contribution is 5.98. The largest absolute Gasteiger partial charge is 0.293 e. The van der Waals surface area contributed by atoms with Gasteiger partial charge in [-0.3, -0.25) is 9.69 Å². The third kappa shape index (κ3) is 2.20. The molecule has 0 N–H and O–H groups in total. The fourth-order valence-corrected chi connectivity index (χ4v) is 3.69. The number of hydrogen-bond donors (Lipinski definition) is 0. The molecule has 0 spiro atoms. The Hall–Kier alpha value is -1.93. The van der Waals surface area contributed by atoms with Crippen LogP contribution in [0.5, 0.6) is 0 Å². The lowest BCUT2D eigenvalue weighted by Crippen LogP contribution is -2.57. The van der Waals surface area contributed by atoms with Crippen molar-refractivity contribution in [2.45, 2.75) is 24.8 Å². The summed E-state index contributed by atoms with van der Waals surface area (Å²) in [4.78, 5) is 14.8. The molecule has 1 saturated heterocycles. The summed E-state index contributed by atoms with van der Waals surface area (Å²) in [6.07, 6.45) is 10.8. The maximum absolute atomic E-state index is 12.5. The van der Waals surface area contributed by atoms with Crippen molar-refractivity contribution in [1.82, 2.24) is 4.90 Å². The van der Waals surface area contributed by atoms with Crippen molar-refractivity contribution < 1.29 is 4.79 Å². The number of ketones is 1. The van der Waals surface area contributed by atoms with Crippen LogP contribution in [0.15, 0.2) is 65.8 Å². The van der Waals surface area contributed by atoms with Gasteiger partial charge in [0.2, 0.25) is 0 Å². The van der Waals surface area contributed by atoms with Crippen LogP contribution in [0.2, 0.25) is 0 Å². The van der Waals surface area contributed by atoms with Crippen molar-refractivity contribution in [3.05, 3.63) is 71.3 Å². The molecular formula is C19H19NO. The predicted molar refractivity (Wildman–Crippen MR) is 84.1 cm³/mol. The van der Waals surface area contributed by atoms with E-state index in [0.29, 0.717) is 0 Å². The van der Waals surface area contributed by atoms with E-state index in [9.17, 15) is 4.79 Å². The molecule has 2 nitrogen and oxygen atoms in total. The smallest absolute Gasteiger partial charge is 0.173 e. The minimum absolute atomic E-state index is 0.0288. The summed E-state index contributed by atoms with van der Waals surface area (Å²) in [5, 5.41) is 0. The van der Waals surface area contributed by atoms with Gasteiger partial charge in [-0.05, 0) is 35.6 Å². The average Bonchev–Trinajstić information content (AvgIpc) is 2.50. The summed E-state index contributed by atoms with van der Waals surface area (Å²) in [5.41, 5.74) is 3.84. The summed E-state index contributed by atoms with van der Waals surface area (Å²) < 4.78 is 0. The van der Waals surface area contributed by atoms with Crippen LogP contribution >= 0.6 is 0 Å². The fourth-order valence-electron chi connectivity index (χ4n) is 3.69. The van der Waals surface area contributed by atoms with E-state index in [1.807, 2.05) is 12.1 Å². The van der Waals surface area contributed by atoms with Gasteiger partial charge in [0.05, 0.1) is 6.04 Å². The molecule has 0 amide bonds. The van der Waals surface area contributed by atoms with Crippen LogP contribution in [0.3, 0.4) is 0 Å². The zero-order valence-corrected chi connectivity index (χ0v) is 12.0. The lowest BCUT2D eigenvalue weighted by Gasteiger charge is -2.47. The van der Waals surface area contributed by atoms with Gasteiger partial charge in [0.25, 0.3) is 0 Å². The molecule has 3 heterocycles. The van der Waals surface area contributed by atoms with E-state index in [2.05, 4.69) is 47.4 Å². The molecule has 2 atom stereocenters. The van der Waals surface area contributed by atoms with Gasteiger partial charge in [0.15, 0.2) is 5.78 Å². The minimum Gasteiger partial charge on any atom is -0.293 e. The highest BCUT2D eigenvalue weighted by Crippen LogP contribution is 2.39. The van der Waals surface area contributed by atoms with Crippen molar-refractivity contribution in [2.75, 3.05) is 13.1 Å². The summed E-state index contributed by atoms with van der Waals surface area (Å²) >= 11 is 0. The monoisotopic (exact) mass is 277 g/mol. The fraction of sp³-hybridized carbons (Fsp3) is 0.316. The first-order valence-corrected chi connectivity index (χ1v) is 7.72. The highest BCUT2D eigenvalue weighted by atomic mass is 16.1. The maximum atomic E-state index is 12.5. The van der Waals surface area contributed by atoms with Crippen LogP contribution in [0.25, 0.3) is 0 Å². The number of benzene rings is 1. The molecule has 2 unspecified atom stereocenters. The van der Waals surface area contributed by atoms with Gasteiger partial charge < -0.3 is 0 Å². The second-order valence-electron chi connectivity index (χ2n) is 6.13. The quantitative estimate of drug-likeness (QED) is 0.845. The lowest BCUT2D eigenvalue weighted by molar-refractivity contribution is -0.122. The van der Waals surface area contributed by atoms with E-state index in [1.165, 1.54) is 16.7 Å². The first-order valence-electron chi connectivity index (χ1n) is 7.72. The highest BCUT2D eigenvalue weighted by Gasteiger charge is 2.43. The Balaban J connectivity index is 1.77. The molecule has 1 aliphatic carbocycles. The summed E-state index contributed by atoms with van der Waals surface area (Å²) in [7, 11) is 0. The molecule has 0 saturated carbocycles. The van der Waals surface area contributed by atoms with Crippen LogP contribution in [0.1, 0.15) is 24.3 Å². The van der Waals surface area contributed by atoms with Crippen molar-refractivity contribution in [3.63, 3.8) is 0 Å². The van der Waals surface area contributed by atoms with Crippen LogP contribution < -0.4 is 0 Å². The number of rotatable bonds is 3. The van der Waals surface area contributed by atoms with Gasteiger partial charge in [-0.25, -0.2) is 0 Å². The summed E-state index contributed by atoms with van der Waals surface area (Å²) in [5.74, 6) is 0.435. The van der Waals surface area contributed by atoms with E-state index in [4.69, 9.17) is 0 Å². The van der Waals surface area contributed by atoms with Crippen LogP contribution in [0.4, 0.5) is 0 Å². The third-order valence-electron chi connectivity index (χ3n) is 4.70. The van der Waals surface area contributed by atoms with Crippen molar-refractivity contribution in [1.29, 1.82) is 0 Å². The van der Waals surface area contributed by atoms with Crippen molar-refractivity contribution >= 4 is 5.78 Å². The number of allylic oxidation sites excluding steroid dienone is 3. The number of carbonyl (C=O) groups excluding carboxylic acids is 1. The number of hydrogen-bond acceptors (Lipinski definition) is 2. The Morgan fingerprint density at radius 2 is 1.90 bits per heavy atom. The Labute approximate surface area is 125 Å². The Bertz CT molecular complexity index is 645. The molecule has 5 rings (SSSR count). The second-order valence-corrected chi connectivity index (χ2v) is 6.13. The van der Waals surface area contributed by atoms with Crippen LogP contribution in [-0.2, 0) is 4.79 Å². The molecule has 1 fully saturated rings. The molecule has 2 bridgehead atoms.